The van der Waals surface area contributed by atoms with Crippen LogP contribution in [0.1, 0.15) is 11.1 Å². The summed E-state index contributed by atoms with van der Waals surface area (Å²) in [4.78, 5) is 5.30. The van der Waals surface area contributed by atoms with Crippen LogP contribution in [0.3, 0.4) is 0 Å². The van der Waals surface area contributed by atoms with E-state index < -0.39 is 0 Å². The number of hydrogen-bond acceptors (Lipinski definition) is 2. The fraction of sp³-hybridized carbons (Fsp3) is 0.150. The molecule has 3 rings (SSSR count). The summed E-state index contributed by atoms with van der Waals surface area (Å²) in [6.07, 6.45) is 6.23. The number of fused-ring (bicyclic) bond motifs is 1. The SMILES string of the molecule is CN(CCO)c1ccc(/C=C/c2cc[nH+]c3ccccc23)cc1. The van der Waals surface area contributed by atoms with Gasteiger partial charge in [0.15, 0.2) is 6.20 Å². The monoisotopic (exact) mass is 305 g/mol. The summed E-state index contributed by atoms with van der Waals surface area (Å²) in [6, 6.07) is 18.7. The third-order valence-corrected chi connectivity index (χ3v) is 3.96. The lowest BCUT2D eigenvalue weighted by Gasteiger charge is -2.17. The highest BCUT2D eigenvalue weighted by molar-refractivity contribution is 5.88. The van der Waals surface area contributed by atoms with E-state index in [1.165, 1.54) is 10.9 Å². The third-order valence-electron chi connectivity index (χ3n) is 3.96. The van der Waals surface area contributed by atoms with Gasteiger partial charge in [-0.3, -0.25) is 0 Å². The Morgan fingerprint density at radius 2 is 1.78 bits per heavy atom. The van der Waals surface area contributed by atoms with E-state index in [-0.39, 0.29) is 6.61 Å². The molecule has 0 aliphatic rings. The lowest BCUT2D eigenvalue weighted by Crippen LogP contribution is -2.20. The lowest BCUT2D eigenvalue weighted by atomic mass is 10.1. The van der Waals surface area contributed by atoms with Crippen molar-refractivity contribution in [3.63, 3.8) is 0 Å². The van der Waals surface area contributed by atoms with E-state index in [1.54, 1.807) is 0 Å². The molecule has 3 heteroatoms. The van der Waals surface area contributed by atoms with Gasteiger partial charge in [-0.05, 0) is 29.3 Å². The van der Waals surface area contributed by atoms with Gasteiger partial charge in [0.25, 0.3) is 0 Å². The third kappa shape index (κ3) is 3.58. The Morgan fingerprint density at radius 1 is 1.00 bits per heavy atom. The molecule has 23 heavy (non-hydrogen) atoms. The molecule has 0 aliphatic heterocycles. The van der Waals surface area contributed by atoms with Crippen LogP contribution >= 0.6 is 0 Å². The molecule has 0 amide bonds. The van der Waals surface area contributed by atoms with Gasteiger partial charge in [-0.1, -0.05) is 36.4 Å². The van der Waals surface area contributed by atoms with Gasteiger partial charge in [0, 0.05) is 31.4 Å². The molecule has 0 radical (unpaired) electrons. The maximum atomic E-state index is 8.99. The van der Waals surface area contributed by atoms with Gasteiger partial charge in [0.2, 0.25) is 5.52 Å². The number of benzene rings is 2. The van der Waals surface area contributed by atoms with Crippen molar-refractivity contribution in [2.45, 2.75) is 0 Å². The molecule has 0 saturated carbocycles. The van der Waals surface area contributed by atoms with Gasteiger partial charge in [-0.15, -0.1) is 0 Å². The fourth-order valence-corrected chi connectivity index (χ4v) is 2.62. The molecule has 3 aromatic rings. The number of pyridine rings is 1. The molecule has 3 nitrogen and oxygen atoms in total. The first-order valence-corrected chi connectivity index (χ1v) is 7.77. The van der Waals surface area contributed by atoms with Gasteiger partial charge >= 0.3 is 0 Å². The summed E-state index contributed by atoms with van der Waals surface area (Å²) < 4.78 is 0. The first-order chi connectivity index (χ1) is 11.3. The second kappa shape index (κ2) is 7.07. The fourth-order valence-electron chi connectivity index (χ4n) is 2.62. The van der Waals surface area contributed by atoms with Crippen molar-refractivity contribution in [1.82, 2.24) is 0 Å². The smallest absolute Gasteiger partial charge is 0.211 e. The number of nitrogens with zero attached hydrogens (tertiary/aromatic N) is 1. The van der Waals surface area contributed by atoms with Gasteiger partial charge in [0.1, 0.15) is 0 Å². The number of hydrogen-bond donors (Lipinski definition) is 1. The zero-order chi connectivity index (χ0) is 16.1. The Bertz CT molecular complexity index is 804. The van der Waals surface area contributed by atoms with Gasteiger partial charge < -0.3 is 10.0 Å². The van der Waals surface area contributed by atoms with E-state index in [1.807, 2.05) is 24.2 Å². The zero-order valence-corrected chi connectivity index (χ0v) is 13.2. The van der Waals surface area contributed by atoms with Crippen LogP contribution < -0.4 is 9.88 Å². The Kier molecular flexibility index (Phi) is 4.69. The van der Waals surface area contributed by atoms with Crippen molar-refractivity contribution in [1.29, 1.82) is 0 Å². The molecule has 1 aromatic heterocycles. The number of rotatable bonds is 5. The average Bonchev–Trinajstić information content (AvgIpc) is 2.60. The molecule has 0 aliphatic carbocycles. The zero-order valence-electron chi connectivity index (χ0n) is 13.2. The normalized spacial score (nSPS) is 11.2. The van der Waals surface area contributed by atoms with Crippen LogP contribution in [0.5, 0.6) is 0 Å². The lowest BCUT2D eigenvalue weighted by molar-refractivity contribution is -0.344. The number of para-hydroxylation sites is 1. The minimum atomic E-state index is 0.163. The van der Waals surface area contributed by atoms with E-state index in [0.29, 0.717) is 6.54 Å². The summed E-state index contributed by atoms with van der Waals surface area (Å²) >= 11 is 0. The standard InChI is InChI=1S/C20H20N2O/c1-22(14-15-23)18-10-7-16(8-11-18)6-9-17-12-13-21-20-5-3-2-4-19(17)20/h2-13,23H,14-15H2,1H3/p+1/b9-6+. The van der Waals surface area contributed by atoms with Crippen LogP contribution in [0.15, 0.2) is 60.8 Å². The van der Waals surface area contributed by atoms with E-state index in [0.717, 1.165) is 16.8 Å². The molecule has 1 heterocycles. The van der Waals surface area contributed by atoms with E-state index in [9.17, 15) is 0 Å². The molecule has 0 unspecified atom stereocenters. The molecule has 0 saturated heterocycles. The Morgan fingerprint density at radius 3 is 2.57 bits per heavy atom. The number of aliphatic hydroxyl groups is 1. The Labute approximate surface area is 136 Å². The average molecular weight is 305 g/mol. The molecule has 2 aromatic carbocycles. The number of aromatic nitrogens is 1. The van der Waals surface area contributed by atoms with Crippen LogP contribution in [-0.2, 0) is 0 Å². The van der Waals surface area contributed by atoms with Crippen molar-refractivity contribution in [2.75, 3.05) is 25.1 Å². The minimum Gasteiger partial charge on any atom is -0.395 e. The maximum absolute atomic E-state index is 8.99. The molecule has 0 atom stereocenters. The van der Waals surface area contributed by atoms with Gasteiger partial charge in [-0.2, -0.15) is 0 Å². The molecule has 2 N–H and O–H groups in total. The predicted octanol–water partition coefficient (Wildman–Crippen LogP) is 3.25. The highest BCUT2D eigenvalue weighted by Crippen LogP contribution is 2.18. The second-order valence-corrected chi connectivity index (χ2v) is 5.55. The van der Waals surface area contributed by atoms with Crippen molar-refractivity contribution < 1.29 is 10.1 Å². The van der Waals surface area contributed by atoms with Crippen LogP contribution in [-0.4, -0.2) is 25.3 Å². The topological polar surface area (TPSA) is 37.6 Å². The number of aliphatic hydroxyl groups excluding tert-OH is 1. The number of nitrogens with one attached hydrogen (secondary N) is 1. The Balaban J connectivity index is 1.82. The molecule has 0 spiro atoms. The summed E-state index contributed by atoms with van der Waals surface area (Å²) in [5.41, 5.74) is 4.59. The summed E-state index contributed by atoms with van der Waals surface area (Å²) in [7, 11) is 1.98. The Hall–Kier alpha value is -2.65. The van der Waals surface area contributed by atoms with Crippen molar-refractivity contribution in [2.24, 2.45) is 0 Å². The number of H-pyrrole nitrogens is 1. The molecular formula is C20H21N2O+. The summed E-state index contributed by atoms with van der Waals surface area (Å²) in [6.45, 7) is 0.804. The first-order valence-electron chi connectivity index (χ1n) is 7.77. The highest BCUT2D eigenvalue weighted by atomic mass is 16.3. The largest absolute Gasteiger partial charge is 0.395 e. The van der Waals surface area contributed by atoms with E-state index in [2.05, 4.69) is 65.7 Å². The maximum Gasteiger partial charge on any atom is 0.211 e. The summed E-state index contributed by atoms with van der Waals surface area (Å²) in [5, 5.41) is 10.2. The first kappa shape index (κ1) is 15.3. The van der Waals surface area contributed by atoms with Crippen molar-refractivity contribution in [3.8, 4) is 0 Å². The van der Waals surface area contributed by atoms with Crippen molar-refractivity contribution >= 4 is 28.7 Å². The molecule has 116 valence electrons. The quantitative estimate of drug-likeness (QED) is 0.785. The minimum absolute atomic E-state index is 0.163. The molecule has 0 fully saturated rings. The van der Waals surface area contributed by atoms with Gasteiger partial charge in [-0.25, -0.2) is 4.98 Å². The number of anilines is 1. The van der Waals surface area contributed by atoms with Gasteiger partial charge in [0.05, 0.1) is 12.0 Å². The van der Waals surface area contributed by atoms with E-state index >= 15 is 0 Å². The predicted molar refractivity (Wildman–Crippen MR) is 96.2 cm³/mol. The highest BCUT2D eigenvalue weighted by Gasteiger charge is 2.02. The molecule has 0 bridgehead atoms. The second-order valence-electron chi connectivity index (χ2n) is 5.55. The van der Waals surface area contributed by atoms with Crippen LogP contribution in [0.25, 0.3) is 23.1 Å². The molecular weight excluding hydrogens is 284 g/mol. The van der Waals surface area contributed by atoms with E-state index in [4.69, 9.17) is 5.11 Å². The van der Waals surface area contributed by atoms with Crippen LogP contribution in [0.4, 0.5) is 5.69 Å². The number of likely N-dealkylation sites (N-methyl/N-ethyl adjacent to an activating group) is 1. The van der Waals surface area contributed by atoms with Crippen LogP contribution in [0.2, 0.25) is 0 Å². The van der Waals surface area contributed by atoms with Crippen LogP contribution in [0, 0.1) is 0 Å². The van der Waals surface area contributed by atoms with Crippen molar-refractivity contribution in [3.05, 3.63) is 71.9 Å². The summed E-state index contributed by atoms with van der Waals surface area (Å²) in [5.74, 6) is 0. The number of aromatic amines is 1.